The van der Waals surface area contributed by atoms with Crippen LogP contribution in [0, 0.1) is 25.2 Å². The predicted molar refractivity (Wildman–Crippen MR) is 147 cm³/mol. The van der Waals surface area contributed by atoms with E-state index >= 15 is 0 Å². The molecular formula is C31H28GeN2. The Kier molecular flexibility index (Phi) is 5.54. The number of rotatable bonds is 3. The molecule has 0 radical (unpaired) electrons. The monoisotopic (exact) mass is 502 g/mol. The van der Waals surface area contributed by atoms with Crippen LogP contribution in [0.3, 0.4) is 0 Å². The molecule has 5 aromatic rings. The van der Waals surface area contributed by atoms with Gasteiger partial charge in [0.1, 0.15) is 0 Å². The molecule has 0 bridgehead atoms. The number of hydrogen-bond acceptors (Lipinski definition) is 2. The molecule has 0 N–H and O–H groups in total. The Morgan fingerprint density at radius 3 is 2.12 bits per heavy atom. The first kappa shape index (κ1) is 22.4. The summed E-state index contributed by atoms with van der Waals surface area (Å²) >= 11 is -1.89. The molecule has 34 heavy (non-hydrogen) atoms. The number of aromatic nitrogens is 1. The summed E-state index contributed by atoms with van der Waals surface area (Å²) in [6, 6.07) is 28.1. The zero-order chi connectivity index (χ0) is 24.0. The Balaban J connectivity index is 1.67. The molecule has 0 saturated heterocycles. The van der Waals surface area contributed by atoms with Crippen LogP contribution >= 0.6 is 0 Å². The SMILES string of the molecule is Cc1c[c]([Ge]([CH3])([CH3])[CH3])cc(C)c1-c1ccc2c(-c3cc(C#N)c4ccccc4c3)nccc2c1. The van der Waals surface area contributed by atoms with Gasteiger partial charge in [0, 0.05) is 0 Å². The van der Waals surface area contributed by atoms with Crippen molar-refractivity contribution in [2.75, 3.05) is 0 Å². The quantitative estimate of drug-likeness (QED) is 0.237. The van der Waals surface area contributed by atoms with Gasteiger partial charge in [-0.1, -0.05) is 24.3 Å². The van der Waals surface area contributed by atoms with Crippen molar-refractivity contribution in [3.63, 3.8) is 0 Å². The van der Waals surface area contributed by atoms with E-state index in [2.05, 4.69) is 85.7 Å². The first-order valence-electron chi connectivity index (χ1n) is 11.7. The van der Waals surface area contributed by atoms with Gasteiger partial charge in [0.2, 0.25) is 0 Å². The standard InChI is InChI=1S/C31H28GeN2/c1-20-14-27(32(3,4)5)15-21(2)30(20)24-10-11-29-23(16-24)12-13-34-31(29)25-17-22-8-6-7-9-28(22)26(18-25)19-33/h6-18H,1-5H3. The summed E-state index contributed by atoms with van der Waals surface area (Å²) in [4.78, 5) is 4.73. The summed E-state index contributed by atoms with van der Waals surface area (Å²) in [6.45, 7) is 4.47. The summed E-state index contributed by atoms with van der Waals surface area (Å²) in [5, 5.41) is 14.0. The zero-order valence-electron chi connectivity index (χ0n) is 20.4. The van der Waals surface area contributed by atoms with Crippen molar-refractivity contribution >= 4 is 39.2 Å². The van der Waals surface area contributed by atoms with Crippen LogP contribution in [0.15, 0.2) is 79.0 Å². The average Bonchev–Trinajstić information content (AvgIpc) is 2.81. The third-order valence-electron chi connectivity index (χ3n) is 6.71. The van der Waals surface area contributed by atoms with Crippen LogP contribution in [0.5, 0.6) is 0 Å². The van der Waals surface area contributed by atoms with Crippen LogP contribution in [-0.4, -0.2) is 18.3 Å². The van der Waals surface area contributed by atoms with E-state index in [9.17, 15) is 5.26 Å². The van der Waals surface area contributed by atoms with E-state index in [-0.39, 0.29) is 0 Å². The molecule has 0 unspecified atom stereocenters. The maximum absolute atomic E-state index is 9.74. The van der Waals surface area contributed by atoms with E-state index in [1.165, 1.54) is 22.3 Å². The first-order valence-corrected chi connectivity index (χ1v) is 19.0. The van der Waals surface area contributed by atoms with Gasteiger partial charge >= 0.3 is 164 Å². The van der Waals surface area contributed by atoms with Gasteiger partial charge in [0.25, 0.3) is 0 Å². The third kappa shape index (κ3) is 3.91. The molecule has 5 rings (SSSR count). The summed E-state index contributed by atoms with van der Waals surface area (Å²) in [5.41, 5.74) is 7.82. The van der Waals surface area contributed by atoms with Gasteiger partial charge < -0.3 is 0 Å². The second kappa shape index (κ2) is 8.42. The van der Waals surface area contributed by atoms with Gasteiger partial charge in [-0.15, -0.1) is 0 Å². The van der Waals surface area contributed by atoms with E-state index in [0.29, 0.717) is 5.56 Å². The molecule has 0 aliphatic rings. The second-order valence-corrected chi connectivity index (χ2v) is 20.8. The van der Waals surface area contributed by atoms with Gasteiger partial charge in [-0.05, 0) is 5.39 Å². The molecule has 0 spiro atoms. The van der Waals surface area contributed by atoms with Crippen LogP contribution in [0.2, 0.25) is 17.3 Å². The molecule has 0 atom stereocenters. The minimum atomic E-state index is -1.89. The number of aryl methyl sites for hydroxylation is 2. The topological polar surface area (TPSA) is 36.7 Å². The molecule has 1 aromatic heterocycles. The Hall–Kier alpha value is -3.42. The number of pyridine rings is 1. The Morgan fingerprint density at radius 1 is 0.735 bits per heavy atom. The van der Waals surface area contributed by atoms with Crippen LogP contribution in [0.4, 0.5) is 0 Å². The van der Waals surface area contributed by atoms with Crippen LogP contribution < -0.4 is 4.40 Å². The van der Waals surface area contributed by atoms with Gasteiger partial charge in [0.15, 0.2) is 0 Å². The Labute approximate surface area is 204 Å². The van der Waals surface area contributed by atoms with Crippen molar-refractivity contribution in [2.24, 2.45) is 0 Å². The van der Waals surface area contributed by atoms with E-state index in [0.717, 1.165) is 32.8 Å². The van der Waals surface area contributed by atoms with E-state index in [1.54, 1.807) is 4.40 Å². The van der Waals surface area contributed by atoms with Gasteiger partial charge in [-0.25, -0.2) is 0 Å². The van der Waals surface area contributed by atoms with Crippen molar-refractivity contribution in [3.05, 3.63) is 95.7 Å². The molecule has 2 nitrogen and oxygen atoms in total. The van der Waals surface area contributed by atoms with E-state index in [1.807, 2.05) is 30.5 Å². The molecule has 0 amide bonds. The van der Waals surface area contributed by atoms with Gasteiger partial charge in [0.05, 0.1) is 6.07 Å². The summed E-state index contributed by atoms with van der Waals surface area (Å²) in [6.07, 6.45) is 1.87. The Bertz CT molecular complexity index is 1590. The van der Waals surface area contributed by atoms with Crippen LogP contribution in [0.25, 0.3) is 43.9 Å². The van der Waals surface area contributed by atoms with E-state index in [4.69, 9.17) is 4.98 Å². The number of fused-ring (bicyclic) bond motifs is 2. The summed E-state index contributed by atoms with van der Waals surface area (Å²) in [5.74, 6) is 7.34. The molecule has 0 aliphatic heterocycles. The first-order chi connectivity index (χ1) is 16.3. The van der Waals surface area contributed by atoms with Crippen LogP contribution in [0.1, 0.15) is 16.7 Å². The summed E-state index contributed by atoms with van der Waals surface area (Å²) in [7, 11) is 0. The fraction of sp³-hybridized carbons (Fsp3) is 0.161. The zero-order valence-corrected chi connectivity index (χ0v) is 22.5. The van der Waals surface area contributed by atoms with Crippen molar-refractivity contribution in [3.8, 4) is 28.5 Å². The van der Waals surface area contributed by atoms with Gasteiger partial charge in [-0.2, -0.15) is 5.26 Å². The van der Waals surface area contributed by atoms with Gasteiger partial charge in [-0.3, -0.25) is 0 Å². The number of benzene rings is 4. The van der Waals surface area contributed by atoms with Crippen molar-refractivity contribution in [1.29, 1.82) is 5.26 Å². The van der Waals surface area contributed by atoms with Crippen molar-refractivity contribution in [1.82, 2.24) is 4.98 Å². The maximum atomic E-state index is 9.74. The summed E-state index contributed by atoms with van der Waals surface area (Å²) < 4.78 is 1.55. The number of nitriles is 1. The number of hydrogen-bond donors (Lipinski definition) is 0. The van der Waals surface area contributed by atoms with Crippen molar-refractivity contribution < 1.29 is 0 Å². The van der Waals surface area contributed by atoms with E-state index < -0.39 is 13.3 Å². The minimum absolute atomic E-state index is 0.679. The average molecular weight is 501 g/mol. The number of nitrogens with zero attached hydrogens (tertiary/aromatic N) is 2. The molecule has 166 valence electrons. The molecular weight excluding hydrogens is 473 g/mol. The molecule has 4 aromatic carbocycles. The second-order valence-electron chi connectivity index (χ2n) is 10.2. The fourth-order valence-corrected chi connectivity index (χ4v) is 7.68. The Morgan fingerprint density at radius 2 is 1.41 bits per heavy atom. The molecule has 0 saturated carbocycles. The normalized spacial score (nSPS) is 11.6. The molecule has 1 heterocycles. The fourth-order valence-electron chi connectivity index (χ4n) is 4.96. The third-order valence-corrected chi connectivity index (χ3v) is 10.9. The predicted octanol–water partition coefficient (Wildman–Crippen LogP) is 7.76. The van der Waals surface area contributed by atoms with Crippen molar-refractivity contribution in [2.45, 2.75) is 31.1 Å². The molecule has 0 aliphatic carbocycles. The van der Waals surface area contributed by atoms with Crippen LogP contribution in [-0.2, 0) is 0 Å². The molecule has 3 heteroatoms. The molecule has 0 fully saturated rings.